The van der Waals surface area contributed by atoms with E-state index in [0.717, 1.165) is 0 Å². The van der Waals surface area contributed by atoms with Gasteiger partial charge in [-0.3, -0.25) is 0 Å². The molecule has 1 radical (unpaired) electrons. The normalized spacial score (nSPS) is 3.75. The monoisotopic (exact) mass is 67.0 g/mol. The molecule has 4 heavy (non-hydrogen) atoms. The molecule has 0 N–H and O–H groups in total. The molecule has 0 aliphatic heterocycles. The van der Waals surface area contributed by atoms with Gasteiger partial charge >= 0.3 is 0 Å². The SMILES string of the molecule is C#C[C]=[SiH2]. The highest BCUT2D eigenvalue weighted by Gasteiger charge is 1.29. The van der Waals surface area contributed by atoms with E-state index < -0.39 is 0 Å². The van der Waals surface area contributed by atoms with Crippen LogP contribution < -0.4 is 0 Å². The van der Waals surface area contributed by atoms with Crippen LogP contribution in [0.4, 0.5) is 0 Å². The van der Waals surface area contributed by atoms with Crippen molar-refractivity contribution in [2.24, 2.45) is 0 Å². The zero-order chi connectivity index (χ0) is 3.41. The molecule has 0 saturated carbocycles. The van der Waals surface area contributed by atoms with Crippen LogP contribution in [0.1, 0.15) is 0 Å². The number of terminal acetylenes is 1. The molecule has 0 aromatic heterocycles. The number of hydrogen-bond donors (Lipinski definition) is 0. The number of hydrogen-bond acceptors (Lipinski definition) is 0. The Morgan fingerprint density at radius 3 is 2.00 bits per heavy atom. The minimum absolute atomic E-state index is 1.54. The predicted octanol–water partition coefficient (Wildman–Crippen LogP) is -1.07. The van der Waals surface area contributed by atoms with E-state index >= 15 is 0 Å². The van der Waals surface area contributed by atoms with E-state index in [0.29, 0.717) is 0 Å². The first-order valence-electron chi connectivity index (χ1n) is 0.892. The van der Waals surface area contributed by atoms with E-state index in [4.69, 9.17) is 0 Å². The fourth-order valence-corrected chi connectivity index (χ4v) is 0. The lowest BCUT2D eigenvalue weighted by atomic mass is 10.8. The molecule has 0 nitrogen and oxygen atoms in total. The van der Waals surface area contributed by atoms with E-state index in [1.54, 1.807) is 0 Å². The molecule has 0 heterocycles. The van der Waals surface area contributed by atoms with Gasteiger partial charge in [0.05, 0.1) is 0 Å². The maximum absolute atomic E-state index is 4.67. The van der Waals surface area contributed by atoms with Crippen molar-refractivity contribution in [3.8, 4) is 12.3 Å². The molecule has 0 saturated heterocycles. The second-order valence-electron chi connectivity index (χ2n) is 0.321. The van der Waals surface area contributed by atoms with Gasteiger partial charge in [-0.2, -0.15) is 0 Å². The van der Waals surface area contributed by atoms with Crippen molar-refractivity contribution >= 4 is 15.5 Å². The highest BCUT2D eigenvalue weighted by atomic mass is 28.1. The van der Waals surface area contributed by atoms with Crippen LogP contribution in [-0.2, 0) is 0 Å². The molecule has 0 aromatic carbocycles. The zero-order valence-corrected chi connectivity index (χ0v) is 3.70. The molecule has 0 fully saturated rings. The van der Waals surface area contributed by atoms with Gasteiger partial charge in [-0.05, 0) is 9.85 Å². The summed E-state index contributed by atoms with van der Waals surface area (Å²) in [5.41, 5.74) is 2.49. The summed E-state index contributed by atoms with van der Waals surface area (Å²) in [5.74, 6) is 2.19. The van der Waals surface area contributed by atoms with E-state index in [2.05, 4.69) is 18.0 Å². The first kappa shape index (κ1) is 3.65. The fraction of sp³-hybridized carbons (Fsp3) is 0. The molecule has 0 aliphatic carbocycles. The summed E-state index contributed by atoms with van der Waals surface area (Å²) in [5, 5.41) is 0. The lowest BCUT2D eigenvalue weighted by molar-refractivity contribution is 2.98. The molecular weight excluding hydrogens is 64.1 g/mol. The largest absolute Gasteiger partial charge is 0.115 e. The molecule has 0 bridgehead atoms. The Kier molecular flexibility index (Phi) is 2.41. The summed E-state index contributed by atoms with van der Waals surface area (Å²) in [7, 11) is 1.54. The first-order valence-corrected chi connectivity index (χ1v) is 1.60. The lowest BCUT2D eigenvalue weighted by Gasteiger charge is -1.35. The maximum atomic E-state index is 4.67. The molecule has 0 amide bonds. The first-order chi connectivity index (χ1) is 1.91. The second kappa shape index (κ2) is 2.65. The summed E-state index contributed by atoms with van der Waals surface area (Å²) in [6, 6.07) is 0. The Balaban J connectivity index is 2.92. The van der Waals surface area contributed by atoms with Gasteiger partial charge in [0.2, 0.25) is 0 Å². The second-order valence-corrected chi connectivity index (χ2v) is 0.675. The molecular formula is C3H3Si. The highest BCUT2D eigenvalue weighted by molar-refractivity contribution is 6.32. The van der Waals surface area contributed by atoms with Crippen molar-refractivity contribution in [3.63, 3.8) is 0 Å². The van der Waals surface area contributed by atoms with Crippen molar-refractivity contribution < 1.29 is 0 Å². The van der Waals surface area contributed by atoms with Crippen LogP contribution in [0, 0.1) is 12.3 Å². The zero-order valence-electron chi connectivity index (χ0n) is 2.28. The van der Waals surface area contributed by atoms with Crippen LogP contribution in [0.25, 0.3) is 0 Å². The van der Waals surface area contributed by atoms with Gasteiger partial charge in [0.1, 0.15) is 0 Å². The Morgan fingerprint density at radius 1 is 1.75 bits per heavy atom. The Bertz CT molecular complexity index is 48.8. The smallest absolute Gasteiger partial charge is 0.00400 e. The van der Waals surface area contributed by atoms with E-state index in [9.17, 15) is 0 Å². The number of rotatable bonds is 0. The topological polar surface area (TPSA) is 0 Å². The molecule has 0 spiro atoms. The average Bonchev–Trinajstić information content (AvgIpc) is 1.37. The van der Waals surface area contributed by atoms with Crippen molar-refractivity contribution in [1.82, 2.24) is 0 Å². The van der Waals surface area contributed by atoms with Crippen molar-refractivity contribution in [2.75, 3.05) is 0 Å². The van der Waals surface area contributed by atoms with Crippen LogP contribution >= 0.6 is 0 Å². The van der Waals surface area contributed by atoms with Crippen molar-refractivity contribution in [3.05, 3.63) is 0 Å². The lowest BCUT2D eigenvalue weighted by Crippen LogP contribution is -1.50. The van der Waals surface area contributed by atoms with E-state index in [-0.39, 0.29) is 0 Å². The Hall–Kier alpha value is -0.353. The summed E-state index contributed by atoms with van der Waals surface area (Å²) in [6.45, 7) is 0. The van der Waals surface area contributed by atoms with Gasteiger partial charge in [0.25, 0.3) is 0 Å². The van der Waals surface area contributed by atoms with Crippen LogP contribution in [0.2, 0.25) is 0 Å². The highest BCUT2D eigenvalue weighted by Crippen LogP contribution is 1.17. The third-order valence-corrected chi connectivity index (χ3v) is 0.306. The minimum atomic E-state index is 1.54. The molecule has 19 valence electrons. The van der Waals surface area contributed by atoms with Crippen LogP contribution in [0.5, 0.6) is 0 Å². The molecule has 1 heteroatoms. The third-order valence-electron chi connectivity index (χ3n) is 0.102. The predicted molar refractivity (Wildman–Crippen MR) is 22.4 cm³/mol. The summed E-state index contributed by atoms with van der Waals surface area (Å²) < 4.78 is 0. The van der Waals surface area contributed by atoms with Gasteiger partial charge < -0.3 is 0 Å². The molecule has 0 aromatic rings. The summed E-state index contributed by atoms with van der Waals surface area (Å²) in [4.78, 5) is 0. The maximum Gasteiger partial charge on any atom is 0.00400 e. The fourth-order valence-electron chi connectivity index (χ4n) is 0. The molecule has 0 rings (SSSR count). The third kappa shape index (κ3) is 1.65. The van der Waals surface area contributed by atoms with E-state index in [1.807, 2.05) is 0 Å². The minimum Gasteiger partial charge on any atom is -0.115 e. The Labute approximate surface area is 28.9 Å². The van der Waals surface area contributed by atoms with Crippen LogP contribution in [0.15, 0.2) is 0 Å². The van der Waals surface area contributed by atoms with Crippen molar-refractivity contribution in [1.29, 1.82) is 0 Å². The molecule has 0 unspecified atom stereocenters. The summed E-state index contributed by atoms with van der Waals surface area (Å²) >= 11 is 0. The quantitative estimate of drug-likeness (QED) is 0.250. The van der Waals surface area contributed by atoms with Gasteiger partial charge in [-0.1, -0.05) is 5.92 Å². The van der Waals surface area contributed by atoms with Gasteiger partial charge in [-0.25, -0.2) is 0 Å². The van der Waals surface area contributed by atoms with Gasteiger partial charge in [0.15, 0.2) is 0 Å². The Morgan fingerprint density at radius 2 is 2.00 bits per heavy atom. The summed E-state index contributed by atoms with van der Waals surface area (Å²) in [6.07, 6.45) is 4.67. The van der Waals surface area contributed by atoms with Gasteiger partial charge in [0, 0.05) is 5.67 Å². The average molecular weight is 67.1 g/mol. The molecule has 0 atom stereocenters. The van der Waals surface area contributed by atoms with Crippen molar-refractivity contribution in [2.45, 2.75) is 0 Å². The standard InChI is InChI=1S/C3H3Si/c1-2-3-4/h1H,4H2. The van der Waals surface area contributed by atoms with E-state index in [1.165, 1.54) is 9.85 Å². The van der Waals surface area contributed by atoms with Crippen LogP contribution in [-0.4, -0.2) is 15.5 Å². The molecule has 0 aliphatic rings. The van der Waals surface area contributed by atoms with Gasteiger partial charge in [-0.15, -0.1) is 6.42 Å². The van der Waals surface area contributed by atoms with Crippen LogP contribution in [0.3, 0.4) is 0 Å².